The number of likely N-dealkylation sites (N-methyl/N-ethyl adjacent to an activating group) is 1. The van der Waals surface area contributed by atoms with Crippen molar-refractivity contribution < 1.29 is 5.11 Å². The van der Waals surface area contributed by atoms with Gasteiger partial charge in [-0.05, 0) is 7.05 Å². The first-order valence-electron chi connectivity index (χ1n) is 3.61. The SMILES string of the molecule is CNCC(O)Cn1ccnc1. The minimum atomic E-state index is -0.339. The smallest absolute Gasteiger partial charge is 0.0946 e. The molecule has 0 amide bonds. The number of hydrogen-bond donors (Lipinski definition) is 2. The fourth-order valence-electron chi connectivity index (χ4n) is 0.938. The molecule has 0 saturated heterocycles. The quantitative estimate of drug-likeness (QED) is 0.614. The number of rotatable bonds is 4. The van der Waals surface area contributed by atoms with Gasteiger partial charge in [0.15, 0.2) is 0 Å². The van der Waals surface area contributed by atoms with Crippen LogP contribution in [-0.4, -0.2) is 34.4 Å². The van der Waals surface area contributed by atoms with Crippen molar-refractivity contribution in [2.75, 3.05) is 13.6 Å². The molecule has 0 spiro atoms. The zero-order chi connectivity index (χ0) is 8.10. The molecule has 0 radical (unpaired) electrons. The molecule has 0 saturated carbocycles. The predicted octanol–water partition coefficient (Wildman–Crippen LogP) is -0.537. The zero-order valence-corrected chi connectivity index (χ0v) is 6.57. The van der Waals surface area contributed by atoms with Gasteiger partial charge in [-0.15, -0.1) is 0 Å². The molecule has 0 bridgehead atoms. The molecule has 4 heteroatoms. The van der Waals surface area contributed by atoms with Crippen LogP contribution in [0.2, 0.25) is 0 Å². The van der Waals surface area contributed by atoms with E-state index < -0.39 is 0 Å². The van der Waals surface area contributed by atoms with E-state index in [1.165, 1.54) is 0 Å². The standard InChI is InChI=1S/C7H13N3O/c1-8-4-7(11)5-10-3-2-9-6-10/h2-3,6-8,11H,4-5H2,1H3. The fraction of sp³-hybridized carbons (Fsp3) is 0.571. The average molecular weight is 155 g/mol. The highest BCUT2D eigenvalue weighted by Crippen LogP contribution is 1.89. The minimum Gasteiger partial charge on any atom is -0.390 e. The summed E-state index contributed by atoms with van der Waals surface area (Å²) in [6, 6.07) is 0. The number of aliphatic hydroxyl groups is 1. The highest BCUT2D eigenvalue weighted by atomic mass is 16.3. The highest BCUT2D eigenvalue weighted by Gasteiger charge is 2.01. The van der Waals surface area contributed by atoms with Gasteiger partial charge in [0.05, 0.1) is 19.0 Å². The number of nitrogens with zero attached hydrogens (tertiary/aromatic N) is 2. The van der Waals surface area contributed by atoms with Gasteiger partial charge in [-0.2, -0.15) is 0 Å². The topological polar surface area (TPSA) is 50.1 Å². The largest absolute Gasteiger partial charge is 0.390 e. The Hall–Kier alpha value is -0.870. The van der Waals surface area contributed by atoms with Gasteiger partial charge in [0.25, 0.3) is 0 Å². The Labute approximate surface area is 65.9 Å². The molecule has 0 aliphatic heterocycles. The Morgan fingerprint density at radius 2 is 2.55 bits per heavy atom. The lowest BCUT2D eigenvalue weighted by molar-refractivity contribution is 0.154. The van der Waals surface area contributed by atoms with Crippen LogP contribution in [0.1, 0.15) is 0 Å². The van der Waals surface area contributed by atoms with Gasteiger partial charge in [0, 0.05) is 18.9 Å². The van der Waals surface area contributed by atoms with Crippen LogP contribution in [0.3, 0.4) is 0 Å². The highest BCUT2D eigenvalue weighted by molar-refractivity contribution is 4.75. The van der Waals surface area contributed by atoms with E-state index in [1.54, 1.807) is 12.5 Å². The van der Waals surface area contributed by atoms with Crippen LogP contribution < -0.4 is 5.32 Å². The lowest BCUT2D eigenvalue weighted by Gasteiger charge is -2.09. The molecule has 1 aromatic heterocycles. The van der Waals surface area contributed by atoms with Crippen molar-refractivity contribution >= 4 is 0 Å². The summed E-state index contributed by atoms with van der Waals surface area (Å²) in [6.07, 6.45) is 4.89. The summed E-state index contributed by atoms with van der Waals surface area (Å²) < 4.78 is 1.85. The second-order valence-corrected chi connectivity index (χ2v) is 2.47. The molecule has 1 atom stereocenters. The summed E-state index contributed by atoms with van der Waals surface area (Å²) in [5, 5.41) is 12.2. The summed E-state index contributed by atoms with van der Waals surface area (Å²) in [4.78, 5) is 3.87. The van der Waals surface area contributed by atoms with Crippen LogP contribution in [0.5, 0.6) is 0 Å². The molecule has 2 N–H and O–H groups in total. The van der Waals surface area contributed by atoms with E-state index in [9.17, 15) is 5.11 Å². The maximum Gasteiger partial charge on any atom is 0.0946 e. The molecule has 62 valence electrons. The summed E-state index contributed by atoms with van der Waals surface area (Å²) in [5.41, 5.74) is 0. The van der Waals surface area contributed by atoms with Crippen LogP contribution in [-0.2, 0) is 6.54 Å². The molecular weight excluding hydrogens is 142 g/mol. The first kappa shape index (κ1) is 8.23. The molecule has 0 aromatic carbocycles. The van der Waals surface area contributed by atoms with Crippen LogP contribution in [0.25, 0.3) is 0 Å². The van der Waals surface area contributed by atoms with E-state index in [0.717, 1.165) is 0 Å². The van der Waals surface area contributed by atoms with Crippen molar-refractivity contribution in [2.24, 2.45) is 0 Å². The van der Waals surface area contributed by atoms with Crippen molar-refractivity contribution in [1.82, 2.24) is 14.9 Å². The fourth-order valence-corrected chi connectivity index (χ4v) is 0.938. The van der Waals surface area contributed by atoms with Gasteiger partial charge in [-0.3, -0.25) is 0 Å². The Morgan fingerprint density at radius 1 is 1.73 bits per heavy atom. The Morgan fingerprint density at radius 3 is 3.09 bits per heavy atom. The molecule has 1 heterocycles. The van der Waals surface area contributed by atoms with Crippen LogP contribution in [0.15, 0.2) is 18.7 Å². The normalized spacial score (nSPS) is 13.3. The third-order valence-corrected chi connectivity index (χ3v) is 1.42. The molecule has 0 aliphatic carbocycles. The maximum absolute atomic E-state index is 9.31. The minimum absolute atomic E-state index is 0.339. The van der Waals surface area contributed by atoms with Crippen LogP contribution in [0.4, 0.5) is 0 Å². The van der Waals surface area contributed by atoms with Gasteiger partial charge in [-0.25, -0.2) is 4.98 Å². The van der Waals surface area contributed by atoms with Gasteiger partial charge >= 0.3 is 0 Å². The van der Waals surface area contributed by atoms with Crippen molar-refractivity contribution in [2.45, 2.75) is 12.6 Å². The van der Waals surface area contributed by atoms with Crippen LogP contribution in [0, 0.1) is 0 Å². The average Bonchev–Trinajstić information content (AvgIpc) is 2.40. The number of nitrogens with one attached hydrogen (secondary N) is 1. The Bertz CT molecular complexity index is 186. The van der Waals surface area contributed by atoms with Gasteiger partial charge in [0.2, 0.25) is 0 Å². The van der Waals surface area contributed by atoms with Crippen molar-refractivity contribution in [3.63, 3.8) is 0 Å². The molecule has 11 heavy (non-hydrogen) atoms. The van der Waals surface area contributed by atoms with Gasteiger partial charge in [0.1, 0.15) is 0 Å². The molecule has 1 aromatic rings. The zero-order valence-electron chi connectivity index (χ0n) is 6.57. The van der Waals surface area contributed by atoms with Crippen molar-refractivity contribution in [3.8, 4) is 0 Å². The first-order chi connectivity index (χ1) is 5.33. The monoisotopic (exact) mass is 155 g/mol. The first-order valence-corrected chi connectivity index (χ1v) is 3.61. The number of aliphatic hydroxyl groups excluding tert-OH is 1. The molecule has 4 nitrogen and oxygen atoms in total. The third-order valence-electron chi connectivity index (χ3n) is 1.42. The van der Waals surface area contributed by atoms with E-state index in [0.29, 0.717) is 13.1 Å². The molecular formula is C7H13N3O. The maximum atomic E-state index is 9.31. The summed E-state index contributed by atoms with van der Waals surface area (Å²) in [5.74, 6) is 0. The number of imidazole rings is 1. The summed E-state index contributed by atoms with van der Waals surface area (Å²) in [7, 11) is 1.82. The molecule has 0 aliphatic rings. The van der Waals surface area contributed by atoms with E-state index in [4.69, 9.17) is 0 Å². The molecule has 0 fully saturated rings. The second-order valence-electron chi connectivity index (χ2n) is 2.47. The molecule has 1 unspecified atom stereocenters. The van der Waals surface area contributed by atoms with E-state index in [1.807, 2.05) is 17.8 Å². The van der Waals surface area contributed by atoms with E-state index in [2.05, 4.69) is 10.3 Å². The summed E-state index contributed by atoms with van der Waals surface area (Å²) >= 11 is 0. The predicted molar refractivity (Wildman–Crippen MR) is 42.2 cm³/mol. The van der Waals surface area contributed by atoms with Crippen LogP contribution >= 0.6 is 0 Å². The lowest BCUT2D eigenvalue weighted by Crippen LogP contribution is -2.27. The van der Waals surface area contributed by atoms with E-state index >= 15 is 0 Å². The number of hydrogen-bond acceptors (Lipinski definition) is 3. The Kier molecular flexibility index (Phi) is 3.07. The third kappa shape index (κ3) is 2.69. The Balaban J connectivity index is 2.31. The lowest BCUT2D eigenvalue weighted by atomic mass is 10.3. The summed E-state index contributed by atoms with van der Waals surface area (Å²) in [6.45, 7) is 1.21. The second kappa shape index (κ2) is 4.10. The van der Waals surface area contributed by atoms with Gasteiger partial charge < -0.3 is 15.0 Å². The number of aromatic nitrogens is 2. The van der Waals surface area contributed by atoms with E-state index in [-0.39, 0.29) is 6.10 Å². The van der Waals surface area contributed by atoms with Gasteiger partial charge in [-0.1, -0.05) is 0 Å². The van der Waals surface area contributed by atoms with Crippen molar-refractivity contribution in [3.05, 3.63) is 18.7 Å². The van der Waals surface area contributed by atoms with Crippen molar-refractivity contribution in [1.29, 1.82) is 0 Å². The molecule has 1 rings (SSSR count).